The van der Waals surface area contributed by atoms with Gasteiger partial charge in [-0.05, 0) is 38.0 Å². The minimum absolute atomic E-state index is 0.0176. The van der Waals surface area contributed by atoms with E-state index < -0.39 is 29.0 Å². The summed E-state index contributed by atoms with van der Waals surface area (Å²) >= 11 is 0. The van der Waals surface area contributed by atoms with Crippen LogP contribution < -0.4 is 0 Å². The molecule has 0 radical (unpaired) electrons. The molecule has 0 atom stereocenters. The van der Waals surface area contributed by atoms with Crippen LogP contribution in [0.2, 0.25) is 0 Å². The summed E-state index contributed by atoms with van der Waals surface area (Å²) in [6.45, 7) is 3.05. The number of esters is 2. The third-order valence-electron chi connectivity index (χ3n) is 3.27. The summed E-state index contributed by atoms with van der Waals surface area (Å²) in [5, 5.41) is 8.81. The van der Waals surface area contributed by atoms with E-state index in [0.717, 1.165) is 18.2 Å². The van der Waals surface area contributed by atoms with Crippen LogP contribution in [0.3, 0.4) is 0 Å². The Morgan fingerprint density at radius 1 is 1.13 bits per heavy atom. The molecule has 7 heteroatoms. The van der Waals surface area contributed by atoms with E-state index in [2.05, 4.69) is 0 Å². The smallest absolute Gasteiger partial charge is 0.328 e. The predicted molar refractivity (Wildman–Crippen MR) is 76.1 cm³/mol. The van der Waals surface area contributed by atoms with E-state index in [1.165, 1.54) is 0 Å². The van der Waals surface area contributed by atoms with E-state index in [-0.39, 0.29) is 31.6 Å². The van der Waals surface area contributed by atoms with Gasteiger partial charge in [0.15, 0.2) is 17.0 Å². The van der Waals surface area contributed by atoms with Crippen molar-refractivity contribution in [3.8, 4) is 6.07 Å². The van der Waals surface area contributed by atoms with Crippen molar-refractivity contribution in [2.45, 2.75) is 32.1 Å². The van der Waals surface area contributed by atoms with E-state index in [9.17, 15) is 18.4 Å². The van der Waals surface area contributed by atoms with Crippen LogP contribution in [0.1, 0.15) is 32.3 Å². The second-order valence-corrected chi connectivity index (χ2v) is 4.63. The summed E-state index contributed by atoms with van der Waals surface area (Å²) in [5.74, 6) is -4.24. The lowest BCUT2D eigenvalue weighted by Crippen LogP contribution is -2.46. The van der Waals surface area contributed by atoms with Crippen LogP contribution in [0, 0.1) is 23.0 Å². The molecule has 0 bridgehead atoms. The average molecular weight is 325 g/mol. The Balaban J connectivity index is 3.52. The van der Waals surface area contributed by atoms with Crippen LogP contribution in [-0.4, -0.2) is 25.2 Å². The molecule has 0 saturated heterocycles. The van der Waals surface area contributed by atoms with Gasteiger partial charge in [0.25, 0.3) is 0 Å². The highest BCUT2D eigenvalue weighted by atomic mass is 19.2. The first-order valence-electron chi connectivity index (χ1n) is 7.10. The lowest BCUT2D eigenvalue weighted by Gasteiger charge is -2.29. The highest BCUT2D eigenvalue weighted by Crippen LogP contribution is 2.34. The van der Waals surface area contributed by atoms with Gasteiger partial charge in [0, 0.05) is 6.42 Å². The lowest BCUT2D eigenvalue weighted by atomic mass is 9.76. The maximum atomic E-state index is 13.6. The number of hydrogen-bond acceptors (Lipinski definition) is 5. The highest BCUT2D eigenvalue weighted by Gasteiger charge is 2.50. The normalized spacial score (nSPS) is 10.7. The summed E-state index contributed by atoms with van der Waals surface area (Å²) in [5.41, 5.74) is -2.11. The minimum atomic E-state index is -2.00. The molecule has 124 valence electrons. The minimum Gasteiger partial charge on any atom is -0.465 e. The van der Waals surface area contributed by atoms with Crippen LogP contribution in [0.4, 0.5) is 8.78 Å². The topological polar surface area (TPSA) is 76.4 Å². The largest absolute Gasteiger partial charge is 0.465 e. The molecule has 1 rings (SSSR count). The quantitative estimate of drug-likeness (QED) is 0.569. The molecule has 23 heavy (non-hydrogen) atoms. The number of carbonyl (C=O) groups is 2. The zero-order valence-corrected chi connectivity index (χ0v) is 12.9. The van der Waals surface area contributed by atoms with Crippen molar-refractivity contribution in [2.75, 3.05) is 13.2 Å². The molecular weight excluding hydrogens is 308 g/mol. The molecule has 0 aliphatic carbocycles. The standard InChI is InChI=1S/C16H17F2NO4/c1-3-22-14(20)16(8-5-9-19,15(21)23-4-2)11-6-7-12(17)13(18)10-11/h6-7,10H,3-5,8H2,1-2H3. The zero-order valence-electron chi connectivity index (χ0n) is 12.9. The van der Waals surface area contributed by atoms with Crippen molar-refractivity contribution in [2.24, 2.45) is 0 Å². The zero-order chi connectivity index (χ0) is 17.5. The van der Waals surface area contributed by atoms with Crippen LogP contribution >= 0.6 is 0 Å². The number of ether oxygens (including phenoxy) is 2. The second kappa shape index (κ2) is 8.22. The van der Waals surface area contributed by atoms with Crippen molar-refractivity contribution in [3.05, 3.63) is 35.4 Å². The Bertz CT molecular complexity index is 607. The van der Waals surface area contributed by atoms with Crippen molar-refractivity contribution in [1.82, 2.24) is 0 Å². The van der Waals surface area contributed by atoms with Crippen LogP contribution in [0.25, 0.3) is 0 Å². The number of hydrogen-bond donors (Lipinski definition) is 0. The van der Waals surface area contributed by atoms with Crippen molar-refractivity contribution >= 4 is 11.9 Å². The average Bonchev–Trinajstić information content (AvgIpc) is 2.52. The predicted octanol–water partition coefficient (Wildman–Crippen LogP) is 2.63. The van der Waals surface area contributed by atoms with Crippen LogP contribution in [0.15, 0.2) is 18.2 Å². The Morgan fingerprint density at radius 3 is 2.13 bits per heavy atom. The maximum absolute atomic E-state index is 13.6. The van der Waals surface area contributed by atoms with Gasteiger partial charge in [-0.1, -0.05) is 6.07 Å². The van der Waals surface area contributed by atoms with E-state index in [1.54, 1.807) is 13.8 Å². The molecule has 0 aliphatic heterocycles. The fraction of sp³-hybridized carbons (Fsp3) is 0.438. The van der Waals surface area contributed by atoms with Crippen molar-refractivity contribution < 1.29 is 27.8 Å². The molecule has 0 heterocycles. The lowest BCUT2D eigenvalue weighted by molar-refractivity contribution is -0.165. The number of benzene rings is 1. The van der Waals surface area contributed by atoms with Gasteiger partial charge in [0.1, 0.15) is 0 Å². The Labute approximate surface area is 132 Å². The molecule has 0 aromatic heterocycles. The fourth-order valence-corrected chi connectivity index (χ4v) is 2.18. The van der Waals surface area contributed by atoms with E-state index >= 15 is 0 Å². The van der Waals surface area contributed by atoms with Gasteiger partial charge >= 0.3 is 11.9 Å². The number of halogens is 2. The summed E-state index contributed by atoms with van der Waals surface area (Å²) < 4.78 is 36.6. The Kier molecular flexibility index (Phi) is 6.64. The van der Waals surface area contributed by atoms with Gasteiger partial charge in [-0.3, -0.25) is 9.59 Å². The monoisotopic (exact) mass is 325 g/mol. The van der Waals surface area contributed by atoms with Gasteiger partial charge in [0.05, 0.1) is 19.3 Å². The van der Waals surface area contributed by atoms with Crippen molar-refractivity contribution in [1.29, 1.82) is 5.26 Å². The molecule has 0 saturated carbocycles. The van der Waals surface area contributed by atoms with Gasteiger partial charge in [-0.2, -0.15) is 5.26 Å². The first kappa shape index (κ1) is 18.6. The van der Waals surface area contributed by atoms with Crippen molar-refractivity contribution in [3.63, 3.8) is 0 Å². The molecule has 0 fully saturated rings. The third kappa shape index (κ3) is 3.83. The molecule has 5 nitrogen and oxygen atoms in total. The highest BCUT2D eigenvalue weighted by molar-refractivity contribution is 6.06. The molecule has 0 aliphatic rings. The van der Waals surface area contributed by atoms with Crippen LogP contribution in [-0.2, 0) is 24.5 Å². The summed E-state index contributed by atoms with van der Waals surface area (Å²) in [6.07, 6.45) is -0.428. The molecule has 1 aromatic rings. The second-order valence-electron chi connectivity index (χ2n) is 4.63. The number of rotatable bonds is 7. The maximum Gasteiger partial charge on any atom is 0.328 e. The molecule has 0 N–H and O–H groups in total. The van der Waals surface area contributed by atoms with Gasteiger partial charge < -0.3 is 9.47 Å². The molecule has 0 unspecified atom stereocenters. The summed E-state index contributed by atoms with van der Waals surface area (Å²) in [7, 11) is 0. The number of carbonyl (C=O) groups excluding carboxylic acids is 2. The molecule has 1 aromatic carbocycles. The number of nitrogens with zero attached hydrogens (tertiary/aromatic N) is 1. The van der Waals surface area contributed by atoms with Gasteiger partial charge in [-0.25, -0.2) is 8.78 Å². The first-order valence-corrected chi connectivity index (χ1v) is 7.10. The Morgan fingerprint density at radius 2 is 1.70 bits per heavy atom. The molecule has 0 amide bonds. The third-order valence-corrected chi connectivity index (χ3v) is 3.27. The van der Waals surface area contributed by atoms with Gasteiger partial charge in [-0.15, -0.1) is 0 Å². The first-order chi connectivity index (χ1) is 10.9. The summed E-state index contributed by atoms with van der Waals surface area (Å²) in [4.78, 5) is 24.9. The van der Waals surface area contributed by atoms with Crippen LogP contribution in [0.5, 0.6) is 0 Å². The fourth-order valence-electron chi connectivity index (χ4n) is 2.18. The number of nitriles is 1. The molecule has 0 spiro atoms. The van der Waals surface area contributed by atoms with E-state index in [4.69, 9.17) is 14.7 Å². The SMILES string of the molecule is CCOC(=O)C(CCC#N)(C(=O)OCC)c1ccc(F)c(F)c1. The Hall–Kier alpha value is -2.49. The summed E-state index contributed by atoms with van der Waals surface area (Å²) in [6, 6.07) is 4.50. The molecular formula is C16H17F2NO4. The van der Waals surface area contributed by atoms with E-state index in [1.807, 2.05) is 6.07 Å². The van der Waals surface area contributed by atoms with Gasteiger partial charge in [0.2, 0.25) is 0 Å². The van der Waals surface area contributed by atoms with E-state index in [0.29, 0.717) is 0 Å².